The minimum absolute atomic E-state index is 0.210. The zero-order chi connectivity index (χ0) is 17.7. The summed E-state index contributed by atoms with van der Waals surface area (Å²) in [6.07, 6.45) is 32.5. The van der Waals surface area contributed by atoms with E-state index in [1.165, 1.54) is 0 Å². The van der Waals surface area contributed by atoms with Crippen LogP contribution in [0.4, 0.5) is 0 Å². The zero-order valence-electron chi connectivity index (χ0n) is 14.9. The minimum Gasteiger partial charge on any atom is -0.481 e. The molecular formula is C22H32O2. The standard InChI is InChI=1S/C22H32O2/c1-2-3-4-5-6-7-8-9-10-11-12-13-14-15-16-17-18-19-20-21-22(23)24/h3-4,6-7,9-10,12-13,15-16,18-19H,2,5,8,11,14,17,20-21H2,1H3,(H,23,24)/b4-3+,7-6+,10-9+,13-12-,16-15-,19-18-. The predicted octanol–water partition coefficient (Wildman–Crippen LogP) is 6.55. The van der Waals surface area contributed by atoms with Gasteiger partial charge in [0, 0.05) is 6.42 Å². The molecule has 0 aromatic carbocycles. The smallest absolute Gasteiger partial charge is 0.303 e. The van der Waals surface area contributed by atoms with Crippen molar-refractivity contribution in [3.05, 3.63) is 72.9 Å². The van der Waals surface area contributed by atoms with E-state index in [9.17, 15) is 4.79 Å². The van der Waals surface area contributed by atoms with Gasteiger partial charge in [0.05, 0.1) is 0 Å². The molecule has 0 aromatic heterocycles. The fourth-order valence-corrected chi connectivity index (χ4v) is 1.85. The van der Waals surface area contributed by atoms with E-state index in [0.717, 1.165) is 38.5 Å². The second-order valence-corrected chi connectivity index (χ2v) is 5.35. The van der Waals surface area contributed by atoms with Gasteiger partial charge in [-0.3, -0.25) is 4.79 Å². The zero-order valence-corrected chi connectivity index (χ0v) is 14.9. The van der Waals surface area contributed by atoms with Crippen molar-refractivity contribution < 1.29 is 9.90 Å². The summed E-state index contributed by atoms with van der Waals surface area (Å²) in [6.45, 7) is 2.15. The molecular weight excluding hydrogens is 296 g/mol. The maximum atomic E-state index is 10.3. The molecule has 0 atom stereocenters. The Hall–Kier alpha value is -2.09. The highest BCUT2D eigenvalue weighted by Crippen LogP contribution is 1.97. The van der Waals surface area contributed by atoms with Gasteiger partial charge in [0.25, 0.3) is 0 Å². The van der Waals surface area contributed by atoms with Crippen molar-refractivity contribution >= 4 is 5.97 Å². The molecule has 0 radical (unpaired) electrons. The van der Waals surface area contributed by atoms with E-state index in [4.69, 9.17) is 5.11 Å². The number of carbonyl (C=O) groups is 1. The summed E-state index contributed by atoms with van der Waals surface area (Å²) in [5.41, 5.74) is 0. The van der Waals surface area contributed by atoms with E-state index in [0.29, 0.717) is 6.42 Å². The molecule has 0 fully saturated rings. The van der Waals surface area contributed by atoms with Gasteiger partial charge >= 0.3 is 5.97 Å². The highest BCUT2D eigenvalue weighted by molar-refractivity contribution is 5.66. The second-order valence-electron chi connectivity index (χ2n) is 5.35. The Morgan fingerprint density at radius 2 is 0.958 bits per heavy atom. The number of aliphatic carboxylic acids is 1. The summed E-state index contributed by atoms with van der Waals surface area (Å²) in [7, 11) is 0. The average molecular weight is 328 g/mol. The Kier molecular flexibility index (Phi) is 17.3. The fraction of sp³-hybridized carbons (Fsp3) is 0.409. The van der Waals surface area contributed by atoms with Crippen molar-refractivity contribution in [1.82, 2.24) is 0 Å². The third kappa shape index (κ3) is 19.9. The van der Waals surface area contributed by atoms with Crippen LogP contribution >= 0.6 is 0 Å². The number of hydrogen-bond donors (Lipinski definition) is 1. The third-order valence-electron chi connectivity index (χ3n) is 3.12. The molecule has 0 bridgehead atoms. The molecule has 0 spiro atoms. The molecule has 24 heavy (non-hydrogen) atoms. The number of carboxylic acids is 1. The van der Waals surface area contributed by atoms with Crippen molar-refractivity contribution in [2.75, 3.05) is 0 Å². The van der Waals surface area contributed by atoms with Gasteiger partial charge in [0.2, 0.25) is 0 Å². The first-order valence-corrected chi connectivity index (χ1v) is 8.89. The normalized spacial score (nSPS) is 13.0. The van der Waals surface area contributed by atoms with Crippen LogP contribution in [0.1, 0.15) is 58.3 Å². The lowest BCUT2D eigenvalue weighted by molar-refractivity contribution is -0.136. The number of allylic oxidation sites excluding steroid dienone is 12. The Morgan fingerprint density at radius 3 is 1.29 bits per heavy atom. The van der Waals surface area contributed by atoms with Crippen LogP contribution in [0.5, 0.6) is 0 Å². The van der Waals surface area contributed by atoms with Gasteiger partial charge in [-0.15, -0.1) is 0 Å². The third-order valence-corrected chi connectivity index (χ3v) is 3.12. The van der Waals surface area contributed by atoms with Gasteiger partial charge in [-0.25, -0.2) is 0 Å². The minimum atomic E-state index is -0.741. The highest BCUT2D eigenvalue weighted by Gasteiger charge is 1.90. The molecule has 0 unspecified atom stereocenters. The van der Waals surface area contributed by atoms with Crippen LogP contribution in [0, 0.1) is 0 Å². The highest BCUT2D eigenvalue weighted by atomic mass is 16.4. The van der Waals surface area contributed by atoms with Gasteiger partial charge in [-0.2, -0.15) is 0 Å². The summed E-state index contributed by atoms with van der Waals surface area (Å²) in [4.78, 5) is 10.3. The Balaban J connectivity index is 3.51. The quantitative estimate of drug-likeness (QED) is 0.367. The Labute approximate surface area is 147 Å². The van der Waals surface area contributed by atoms with Crippen molar-refractivity contribution in [2.24, 2.45) is 0 Å². The summed E-state index contributed by atoms with van der Waals surface area (Å²) in [6, 6.07) is 0. The largest absolute Gasteiger partial charge is 0.481 e. The summed E-state index contributed by atoms with van der Waals surface area (Å²) in [5, 5.41) is 8.49. The second kappa shape index (κ2) is 19.0. The molecule has 132 valence electrons. The molecule has 2 heteroatoms. The molecule has 0 aliphatic rings. The van der Waals surface area contributed by atoms with Gasteiger partial charge in [-0.1, -0.05) is 79.8 Å². The molecule has 0 rings (SSSR count). The van der Waals surface area contributed by atoms with Crippen LogP contribution in [0.2, 0.25) is 0 Å². The maximum absolute atomic E-state index is 10.3. The molecule has 1 N–H and O–H groups in total. The van der Waals surface area contributed by atoms with Crippen molar-refractivity contribution in [3.8, 4) is 0 Å². The SMILES string of the molecule is CC/C=C/C/C=C/C/C=C/C/C=C\C/C=C\C/C=C\CCC(=O)O. The van der Waals surface area contributed by atoms with Crippen LogP contribution in [0.25, 0.3) is 0 Å². The van der Waals surface area contributed by atoms with Crippen molar-refractivity contribution in [1.29, 1.82) is 0 Å². The van der Waals surface area contributed by atoms with Crippen LogP contribution in [-0.2, 0) is 4.79 Å². The molecule has 0 saturated carbocycles. The molecule has 2 nitrogen and oxygen atoms in total. The van der Waals surface area contributed by atoms with E-state index < -0.39 is 5.97 Å². The van der Waals surface area contributed by atoms with Crippen molar-refractivity contribution in [3.63, 3.8) is 0 Å². The van der Waals surface area contributed by atoms with E-state index in [1.54, 1.807) is 0 Å². The van der Waals surface area contributed by atoms with Crippen LogP contribution in [0.15, 0.2) is 72.9 Å². The topological polar surface area (TPSA) is 37.3 Å². The van der Waals surface area contributed by atoms with Gasteiger partial charge in [-0.05, 0) is 44.9 Å². The lowest BCUT2D eigenvalue weighted by atomic mass is 10.2. The number of rotatable bonds is 14. The predicted molar refractivity (Wildman–Crippen MR) is 105 cm³/mol. The maximum Gasteiger partial charge on any atom is 0.303 e. The van der Waals surface area contributed by atoms with Gasteiger partial charge in [0.1, 0.15) is 0 Å². The molecule has 0 aromatic rings. The lowest BCUT2D eigenvalue weighted by Crippen LogP contribution is -1.91. The fourth-order valence-electron chi connectivity index (χ4n) is 1.85. The monoisotopic (exact) mass is 328 g/mol. The van der Waals surface area contributed by atoms with Gasteiger partial charge in [0.15, 0.2) is 0 Å². The summed E-state index contributed by atoms with van der Waals surface area (Å²) in [5.74, 6) is -0.741. The molecule has 0 saturated heterocycles. The number of hydrogen-bond acceptors (Lipinski definition) is 1. The van der Waals surface area contributed by atoms with E-state index in [1.807, 2.05) is 12.2 Å². The van der Waals surface area contributed by atoms with Crippen molar-refractivity contribution in [2.45, 2.75) is 58.3 Å². The van der Waals surface area contributed by atoms with Crippen LogP contribution in [-0.4, -0.2) is 11.1 Å². The first kappa shape index (κ1) is 21.9. The molecule has 0 heterocycles. The molecule has 0 amide bonds. The molecule has 0 aliphatic heterocycles. The summed E-state index contributed by atoms with van der Waals surface area (Å²) >= 11 is 0. The van der Waals surface area contributed by atoms with E-state index in [2.05, 4.69) is 67.7 Å². The van der Waals surface area contributed by atoms with Gasteiger partial charge < -0.3 is 5.11 Å². The Morgan fingerprint density at radius 1 is 0.625 bits per heavy atom. The van der Waals surface area contributed by atoms with E-state index in [-0.39, 0.29) is 6.42 Å². The first-order chi connectivity index (χ1) is 11.8. The van der Waals surface area contributed by atoms with E-state index >= 15 is 0 Å². The van der Waals surface area contributed by atoms with Crippen LogP contribution < -0.4 is 0 Å². The summed E-state index contributed by atoms with van der Waals surface area (Å²) < 4.78 is 0. The number of carboxylic acid groups (broad SMARTS) is 1. The lowest BCUT2D eigenvalue weighted by Gasteiger charge is -1.87. The Bertz CT molecular complexity index is 462. The first-order valence-electron chi connectivity index (χ1n) is 8.89. The van der Waals surface area contributed by atoms with Crippen LogP contribution in [0.3, 0.4) is 0 Å². The molecule has 0 aliphatic carbocycles. The average Bonchev–Trinajstić information content (AvgIpc) is 2.56.